The molecule has 1 amide bonds. The van der Waals surface area contributed by atoms with Crippen molar-refractivity contribution in [3.63, 3.8) is 0 Å². The van der Waals surface area contributed by atoms with Gasteiger partial charge in [0.05, 0.1) is 5.56 Å². The average Bonchev–Trinajstić information content (AvgIpc) is 2.79. The number of aryl methyl sites for hydroxylation is 2. The van der Waals surface area contributed by atoms with Gasteiger partial charge in [-0.15, -0.1) is 0 Å². The number of nitrogens with one attached hydrogen (secondary N) is 1. The van der Waals surface area contributed by atoms with Gasteiger partial charge in [-0.3, -0.25) is 4.79 Å². The first-order valence-electron chi connectivity index (χ1n) is 5.21. The minimum Gasteiger partial charge on any atom is -0.508 e. The molecule has 0 unspecified atom stereocenters. The fourth-order valence-electron chi connectivity index (χ4n) is 1.52. The van der Waals surface area contributed by atoms with Gasteiger partial charge >= 0.3 is 0 Å². The number of phenolic OH excluding ortho intramolecular Hbond substituents is 1. The summed E-state index contributed by atoms with van der Waals surface area (Å²) in [5, 5.41) is 16.0. The van der Waals surface area contributed by atoms with Crippen molar-refractivity contribution in [2.24, 2.45) is 0 Å². The van der Waals surface area contributed by atoms with E-state index in [1.54, 1.807) is 30.5 Å². The number of hydrogen-bond acceptors (Lipinski definition) is 3. The van der Waals surface area contributed by atoms with Crippen LogP contribution in [0.25, 0.3) is 0 Å². The topological polar surface area (TPSA) is 49.3 Å². The number of rotatable bonds is 2. The third-order valence-corrected chi connectivity index (χ3v) is 3.26. The Morgan fingerprint density at radius 1 is 1.29 bits per heavy atom. The number of anilines is 1. The van der Waals surface area contributed by atoms with Crippen molar-refractivity contribution in [2.45, 2.75) is 13.8 Å². The zero-order valence-electron chi connectivity index (χ0n) is 9.65. The lowest BCUT2D eigenvalue weighted by atomic mass is 10.1. The molecule has 0 aliphatic heterocycles. The van der Waals surface area contributed by atoms with Crippen LogP contribution in [0, 0.1) is 13.8 Å². The Labute approximate surface area is 104 Å². The SMILES string of the molecule is Cc1cc(NC(=O)c2ccsc2)c(C)cc1O. The van der Waals surface area contributed by atoms with Gasteiger partial charge in [-0.05, 0) is 48.6 Å². The van der Waals surface area contributed by atoms with Gasteiger partial charge in [0.25, 0.3) is 5.91 Å². The van der Waals surface area contributed by atoms with Crippen molar-refractivity contribution in [3.8, 4) is 5.75 Å². The number of amides is 1. The van der Waals surface area contributed by atoms with E-state index < -0.39 is 0 Å². The van der Waals surface area contributed by atoms with Crippen molar-refractivity contribution in [2.75, 3.05) is 5.32 Å². The molecule has 0 spiro atoms. The molecule has 0 atom stereocenters. The molecule has 0 saturated heterocycles. The fourth-order valence-corrected chi connectivity index (χ4v) is 2.16. The van der Waals surface area contributed by atoms with E-state index in [0.717, 1.165) is 16.8 Å². The highest BCUT2D eigenvalue weighted by Gasteiger charge is 2.09. The van der Waals surface area contributed by atoms with E-state index in [9.17, 15) is 9.90 Å². The molecule has 0 aliphatic carbocycles. The van der Waals surface area contributed by atoms with Crippen LogP contribution in [0.2, 0.25) is 0 Å². The van der Waals surface area contributed by atoms with Crippen molar-refractivity contribution in [1.29, 1.82) is 0 Å². The zero-order valence-corrected chi connectivity index (χ0v) is 10.5. The molecule has 1 heterocycles. The molecule has 0 bridgehead atoms. The minimum absolute atomic E-state index is 0.126. The Balaban J connectivity index is 2.25. The molecule has 2 aromatic rings. The Bertz CT molecular complexity index is 547. The van der Waals surface area contributed by atoms with Crippen molar-refractivity contribution in [3.05, 3.63) is 45.6 Å². The number of aromatic hydroxyl groups is 1. The van der Waals surface area contributed by atoms with Gasteiger partial charge in [0.2, 0.25) is 0 Å². The first kappa shape index (κ1) is 11.7. The van der Waals surface area contributed by atoms with Gasteiger partial charge in [-0.25, -0.2) is 0 Å². The van der Waals surface area contributed by atoms with Crippen LogP contribution in [-0.4, -0.2) is 11.0 Å². The second-order valence-corrected chi connectivity index (χ2v) is 4.70. The summed E-state index contributed by atoms with van der Waals surface area (Å²) in [6.45, 7) is 3.65. The number of phenols is 1. The van der Waals surface area contributed by atoms with Gasteiger partial charge in [-0.2, -0.15) is 11.3 Å². The van der Waals surface area contributed by atoms with Crippen LogP contribution in [-0.2, 0) is 0 Å². The fraction of sp³-hybridized carbons (Fsp3) is 0.154. The molecule has 1 aromatic carbocycles. The molecule has 0 saturated carbocycles. The summed E-state index contributed by atoms with van der Waals surface area (Å²) in [5.74, 6) is 0.121. The van der Waals surface area contributed by atoms with Gasteiger partial charge in [-0.1, -0.05) is 0 Å². The summed E-state index contributed by atoms with van der Waals surface area (Å²) < 4.78 is 0. The zero-order chi connectivity index (χ0) is 12.4. The van der Waals surface area contributed by atoms with E-state index in [1.165, 1.54) is 11.3 Å². The smallest absolute Gasteiger partial charge is 0.256 e. The molecule has 2 rings (SSSR count). The molecule has 88 valence electrons. The predicted octanol–water partition coefficient (Wildman–Crippen LogP) is 3.32. The van der Waals surface area contributed by atoms with Crippen LogP contribution in [0.4, 0.5) is 5.69 Å². The lowest BCUT2D eigenvalue weighted by molar-refractivity contribution is 0.102. The molecule has 17 heavy (non-hydrogen) atoms. The average molecular weight is 247 g/mol. The molecule has 3 nitrogen and oxygen atoms in total. The Kier molecular flexibility index (Phi) is 3.15. The molecule has 2 N–H and O–H groups in total. The molecule has 0 radical (unpaired) electrons. The summed E-state index contributed by atoms with van der Waals surface area (Å²) in [6, 6.07) is 5.20. The maximum Gasteiger partial charge on any atom is 0.256 e. The standard InChI is InChI=1S/C13H13NO2S/c1-8-6-12(15)9(2)5-11(8)14-13(16)10-3-4-17-7-10/h3-7,15H,1-2H3,(H,14,16). The maximum atomic E-state index is 11.9. The first-order chi connectivity index (χ1) is 8.08. The van der Waals surface area contributed by atoms with Gasteiger partial charge in [0, 0.05) is 11.1 Å². The second-order valence-electron chi connectivity index (χ2n) is 3.92. The number of hydrogen-bond donors (Lipinski definition) is 2. The highest BCUT2D eigenvalue weighted by atomic mass is 32.1. The van der Waals surface area contributed by atoms with Crippen LogP contribution in [0.15, 0.2) is 29.0 Å². The molecule has 0 aliphatic rings. The third-order valence-electron chi connectivity index (χ3n) is 2.57. The number of carbonyl (C=O) groups is 1. The van der Waals surface area contributed by atoms with E-state index in [2.05, 4.69) is 5.32 Å². The van der Waals surface area contributed by atoms with E-state index in [0.29, 0.717) is 5.56 Å². The summed E-state index contributed by atoms with van der Waals surface area (Å²) in [4.78, 5) is 11.9. The maximum absolute atomic E-state index is 11.9. The largest absolute Gasteiger partial charge is 0.508 e. The quantitative estimate of drug-likeness (QED) is 0.800. The van der Waals surface area contributed by atoms with Crippen LogP contribution >= 0.6 is 11.3 Å². The lowest BCUT2D eigenvalue weighted by Crippen LogP contribution is -2.11. The molecular weight excluding hydrogens is 234 g/mol. The monoisotopic (exact) mass is 247 g/mol. The minimum atomic E-state index is -0.126. The van der Waals surface area contributed by atoms with Crippen molar-refractivity contribution >= 4 is 22.9 Å². The molecule has 0 fully saturated rings. The predicted molar refractivity (Wildman–Crippen MR) is 69.9 cm³/mol. The molecular formula is C13H13NO2S. The van der Waals surface area contributed by atoms with E-state index in [1.807, 2.05) is 12.3 Å². The van der Waals surface area contributed by atoms with Gasteiger partial charge < -0.3 is 10.4 Å². The van der Waals surface area contributed by atoms with Crippen molar-refractivity contribution in [1.82, 2.24) is 0 Å². The highest BCUT2D eigenvalue weighted by molar-refractivity contribution is 7.08. The van der Waals surface area contributed by atoms with E-state index in [-0.39, 0.29) is 11.7 Å². The number of benzene rings is 1. The second kappa shape index (κ2) is 4.59. The Morgan fingerprint density at radius 3 is 2.71 bits per heavy atom. The first-order valence-corrected chi connectivity index (χ1v) is 6.16. The van der Waals surface area contributed by atoms with Crippen molar-refractivity contribution < 1.29 is 9.90 Å². The molecule has 1 aromatic heterocycles. The summed E-state index contributed by atoms with van der Waals surface area (Å²) in [6.07, 6.45) is 0. The third kappa shape index (κ3) is 2.47. The normalized spacial score (nSPS) is 10.2. The van der Waals surface area contributed by atoms with Crippen LogP contribution in [0.1, 0.15) is 21.5 Å². The van der Waals surface area contributed by atoms with Gasteiger partial charge in [0.15, 0.2) is 0 Å². The summed E-state index contributed by atoms with van der Waals surface area (Å²) >= 11 is 1.49. The van der Waals surface area contributed by atoms with E-state index in [4.69, 9.17) is 0 Å². The summed E-state index contributed by atoms with van der Waals surface area (Å²) in [7, 11) is 0. The molecule has 4 heteroatoms. The van der Waals surface area contributed by atoms with Crippen LogP contribution in [0.3, 0.4) is 0 Å². The highest BCUT2D eigenvalue weighted by Crippen LogP contribution is 2.25. The number of carbonyl (C=O) groups excluding carboxylic acids is 1. The van der Waals surface area contributed by atoms with Crippen LogP contribution < -0.4 is 5.32 Å². The van der Waals surface area contributed by atoms with E-state index >= 15 is 0 Å². The summed E-state index contributed by atoms with van der Waals surface area (Å²) in [5.41, 5.74) is 2.98. The Hall–Kier alpha value is -1.81. The number of thiophene rings is 1. The lowest BCUT2D eigenvalue weighted by Gasteiger charge is -2.10. The van der Waals surface area contributed by atoms with Gasteiger partial charge in [0.1, 0.15) is 5.75 Å². The van der Waals surface area contributed by atoms with Crippen LogP contribution in [0.5, 0.6) is 5.75 Å². The Morgan fingerprint density at radius 2 is 2.06 bits per heavy atom.